The maximum absolute atomic E-state index is 5.67. The molecule has 106 valence electrons. The molecule has 0 aliphatic heterocycles. The van der Waals surface area contributed by atoms with Gasteiger partial charge in [-0.25, -0.2) is 0 Å². The van der Waals surface area contributed by atoms with E-state index in [1.807, 2.05) is 0 Å². The monoisotopic (exact) mass is 492 g/mol. The number of nitrogens with two attached hydrogens (primary N) is 2. The molecule has 0 saturated heterocycles. The molecule has 16 heavy (non-hydrogen) atoms. The van der Waals surface area contributed by atoms with Crippen molar-refractivity contribution in [2.75, 3.05) is 6.54 Å². The van der Waals surface area contributed by atoms with Crippen molar-refractivity contribution in [1.29, 1.82) is 0 Å². The van der Waals surface area contributed by atoms with Crippen molar-refractivity contribution >= 4 is 37.7 Å². The van der Waals surface area contributed by atoms with E-state index in [1.165, 1.54) is 12.8 Å². The molecule has 0 heterocycles. The van der Waals surface area contributed by atoms with Crippen molar-refractivity contribution in [2.45, 2.75) is 33.6 Å². The number of hydrogen-bond acceptors (Lipinski definition) is 1. The van der Waals surface area contributed by atoms with Crippen molar-refractivity contribution in [1.82, 2.24) is 0 Å². The van der Waals surface area contributed by atoms with Gasteiger partial charge in [-0.3, -0.25) is 0 Å². The van der Waals surface area contributed by atoms with E-state index in [4.69, 9.17) is 43.4 Å². The van der Waals surface area contributed by atoms with Crippen LogP contribution < -0.4 is 5.73 Å². The fourth-order valence-electron chi connectivity index (χ4n) is 2.37. The molecule has 0 aromatic carbocycles. The number of hydrogen-bond donors (Lipinski definition) is 1. The molecule has 1 aliphatic rings. The second-order valence-corrected chi connectivity index (χ2v) is 24.4. The van der Waals surface area contributed by atoms with Gasteiger partial charge in [-0.05, 0) is 36.6 Å². The van der Waals surface area contributed by atoms with Gasteiger partial charge in [-0.2, -0.15) is 0 Å². The molecule has 0 bridgehead atoms. The molecule has 1 fully saturated rings. The fraction of sp³-hybridized carbons (Fsp3) is 1.00. The van der Waals surface area contributed by atoms with Crippen LogP contribution in [0.4, 0.5) is 0 Å². The van der Waals surface area contributed by atoms with Gasteiger partial charge in [0.25, 0.3) is 0 Å². The van der Waals surface area contributed by atoms with E-state index in [9.17, 15) is 0 Å². The first-order chi connectivity index (χ1) is 6.56. The third-order valence-corrected chi connectivity index (χ3v) is 2.95. The predicted molar refractivity (Wildman–Crippen MR) is 73.4 cm³/mol. The molecule has 1 saturated carbocycles. The Kier molecular flexibility index (Phi) is 10.1. The van der Waals surface area contributed by atoms with Crippen LogP contribution >= 0.6 is 37.7 Å². The van der Waals surface area contributed by atoms with Crippen LogP contribution in [0.1, 0.15) is 33.6 Å². The van der Waals surface area contributed by atoms with E-state index in [0.29, 0.717) is 5.41 Å². The number of rotatable bonds is 1. The van der Waals surface area contributed by atoms with E-state index in [1.54, 1.807) is 0 Å². The van der Waals surface area contributed by atoms with Gasteiger partial charge in [0.05, 0.1) is 0 Å². The molecule has 2 atom stereocenters. The Balaban J connectivity index is 0. The third-order valence-electron chi connectivity index (χ3n) is 2.95. The van der Waals surface area contributed by atoms with E-state index in [-0.39, 0.29) is 6.15 Å². The summed E-state index contributed by atoms with van der Waals surface area (Å²) in [6.45, 7) is 7.89. The Bertz CT molecular complexity index is 190. The average molecular weight is 494 g/mol. The first kappa shape index (κ1) is 20.1. The zero-order valence-electron chi connectivity index (χ0n) is 9.76. The summed E-state index contributed by atoms with van der Waals surface area (Å²) in [5.41, 5.74) is 6.18. The van der Waals surface area contributed by atoms with Gasteiger partial charge in [0.2, 0.25) is 0 Å². The van der Waals surface area contributed by atoms with Crippen molar-refractivity contribution in [3.05, 3.63) is 6.15 Å². The van der Waals surface area contributed by atoms with Gasteiger partial charge in [-0.1, -0.05) is 20.8 Å². The molecule has 0 aromatic rings. The van der Waals surface area contributed by atoms with E-state index in [2.05, 4.69) is 20.8 Å². The summed E-state index contributed by atoms with van der Waals surface area (Å²) in [4.78, 5) is 0. The average Bonchev–Trinajstić information content (AvgIpc) is 2.19. The molecule has 2 nitrogen and oxygen atoms in total. The van der Waals surface area contributed by atoms with Gasteiger partial charge in [0, 0.05) is 0 Å². The van der Waals surface area contributed by atoms with Crippen molar-refractivity contribution in [2.24, 2.45) is 23.0 Å². The quantitative estimate of drug-likeness (QED) is 0.515. The van der Waals surface area contributed by atoms with E-state index < -0.39 is 11.9 Å². The summed E-state index contributed by atoms with van der Waals surface area (Å²) in [5.74, 6) is 1.66. The Morgan fingerprint density at radius 1 is 1.25 bits per heavy atom. The van der Waals surface area contributed by atoms with Crippen LogP contribution in [-0.2, 0) is 11.9 Å². The molecule has 0 spiro atoms. The molecule has 0 unspecified atom stereocenters. The van der Waals surface area contributed by atoms with Gasteiger partial charge in [-0.15, -0.1) is 0 Å². The maximum Gasteiger partial charge on any atom is -0.693 e. The summed E-state index contributed by atoms with van der Waals surface area (Å²) in [6.07, 6.45) is 2.69. The zero-order valence-corrected chi connectivity index (χ0v) is 15.1. The molecular weight excluding hydrogens is 473 g/mol. The molecule has 0 aromatic heterocycles. The first-order valence-corrected chi connectivity index (χ1v) is 16.0. The summed E-state index contributed by atoms with van der Waals surface area (Å²) < 4.78 is 0. The van der Waals surface area contributed by atoms with E-state index in [0.717, 1.165) is 18.4 Å². The normalized spacial score (nSPS) is 28.8. The Morgan fingerprint density at radius 2 is 1.62 bits per heavy atom. The van der Waals surface area contributed by atoms with E-state index >= 15 is 0 Å². The molecular formula is C9H21Cl4N2Pt-. The smallest absolute Gasteiger partial charge is 0.693 e. The first-order valence-electron chi connectivity index (χ1n) is 4.74. The summed E-state index contributed by atoms with van der Waals surface area (Å²) in [6, 6.07) is 0. The molecule has 7 heteroatoms. The SMILES string of the molecule is C[C@H]1C[C@@H](CN)C(C)(C)C1.[Cl][Pt]([Cl])([Cl])[Cl].[NH2-]. The summed E-state index contributed by atoms with van der Waals surface area (Å²) >= 11 is -3.06. The second kappa shape index (κ2) is 8.04. The van der Waals surface area contributed by atoms with Crippen molar-refractivity contribution in [3.8, 4) is 0 Å². The summed E-state index contributed by atoms with van der Waals surface area (Å²) in [7, 11) is 20.0. The van der Waals surface area contributed by atoms with Crippen LogP contribution in [0.3, 0.4) is 0 Å². The fourth-order valence-corrected chi connectivity index (χ4v) is 2.37. The van der Waals surface area contributed by atoms with Crippen LogP contribution in [0, 0.1) is 17.3 Å². The minimum atomic E-state index is -3.06. The minimum Gasteiger partial charge on any atom is -0.693 e. The molecule has 0 radical (unpaired) electrons. The van der Waals surface area contributed by atoms with Gasteiger partial charge < -0.3 is 11.9 Å². The molecule has 1 rings (SSSR count). The standard InChI is InChI=1S/C9H19N.4ClH.H2N.Pt/c1-7-4-8(6-10)9(2,3)5-7;;;;;;/h7-8H,4-6,10H2,1-3H3;4*1H;1H2;/q;;;;;-1;+4/p-4/t7-,8-;;;;;;/m0....../s1. The van der Waals surface area contributed by atoms with Crippen LogP contribution in [0.15, 0.2) is 0 Å². The van der Waals surface area contributed by atoms with Crippen LogP contribution in [0.5, 0.6) is 0 Å². The van der Waals surface area contributed by atoms with Gasteiger partial charge in [0.1, 0.15) is 0 Å². The minimum absolute atomic E-state index is 0. The molecule has 4 N–H and O–H groups in total. The van der Waals surface area contributed by atoms with Crippen molar-refractivity contribution in [3.63, 3.8) is 0 Å². The van der Waals surface area contributed by atoms with Gasteiger partial charge in [0.15, 0.2) is 0 Å². The van der Waals surface area contributed by atoms with Gasteiger partial charge >= 0.3 is 49.6 Å². The number of halogens is 4. The summed E-state index contributed by atoms with van der Waals surface area (Å²) in [5, 5.41) is 0. The zero-order chi connectivity index (χ0) is 12.3. The topological polar surface area (TPSA) is 59.5 Å². The maximum atomic E-state index is 5.67. The van der Waals surface area contributed by atoms with Crippen LogP contribution in [-0.4, -0.2) is 6.54 Å². The predicted octanol–water partition coefficient (Wildman–Crippen LogP) is 5.49. The second-order valence-electron chi connectivity index (χ2n) is 4.74. The molecule has 1 aliphatic carbocycles. The third kappa shape index (κ3) is 9.76. The Labute approximate surface area is 118 Å². The Morgan fingerprint density at radius 3 is 1.75 bits per heavy atom. The largest absolute Gasteiger partial charge is 0.693 e. The molecule has 0 amide bonds. The van der Waals surface area contributed by atoms with Crippen LogP contribution in [0.25, 0.3) is 6.15 Å². The Hall–Kier alpha value is 1.77. The van der Waals surface area contributed by atoms with Crippen molar-refractivity contribution < 1.29 is 11.9 Å². The van der Waals surface area contributed by atoms with Crippen LogP contribution in [0.2, 0.25) is 0 Å².